The van der Waals surface area contributed by atoms with Crippen molar-refractivity contribution in [3.63, 3.8) is 0 Å². The highest BCUT2D eigenvalue weighted by molar-refractivity contribution is 7.85. The SMILES string of the molecule is Cc1cc(C)c2ccc3c(c2c1)C(C)(C)C(/C=C/C=C/C=C/C=C1/N(CCCCCC(=O)O)c2ccc4c(C)cc(C)cc4c2C1(C)C)=[N+]3CCCS(=O)(=O)[O-]. The average Bonchev–Trinajstić information content (AvgIpc) is 3.45. The van der Waals surface area contributed by atoms with Gasteiger partial charge in [-0.2, -0.15) is 4.58 Å². The minimum Gasteiger partial charge on any atom is -0.748 e. The van der Waals surface area contributed by atoms with Gasteiger partial charge in [-0.15, -0.1) is 0 Å². The van der Waals surface area contributed by atoms with E-state index < -0.39 is 21.8 Å². The van der Waals surface area contributed by atoms with Crippen molar-refractivity contribution in [1.29, 1.82) is 0 Å². The molecule has 0 atom stereocenters. The van der Waals surface area contributed by atoms with Crippen LogP contribution in [0.25, 0.3) is 21.5 Å². The van der Waals surface area contributed by atoms with Crippen LogP contribution in [0.4, 0.5) is 11.4 Å². The second-order valence-corrected chi connectivity index (χ2v) is 18.2. The molecule has 0 saturated carbocycles. The first kappa shape index (κ1) is 40.9. The Balaban J connectivity index is 1.29. The van der Waals surface area contributed by atoms with Gasteiger partial charge in [0.2, 0.25) is 5.69 Å². The number of benzene rings is 4. The number of hydrogen-bond acceptors (Lipinski definition) is 5. The third-order valence-electron chi connectivity index (χ3n) is 11.6. The van der Waals surface area contributed by atoms with E-state index in [0.29, 0.717) is 13.0 Å². The fourth-order valence-corrected chi connectivity index (χ4v) is 9.70. The summed E-state index contributed by atoms with van der Waals surface area (Å²) in [4.78, 5) is 13.6. The van der Waals surface area contributed by atoms with Gasteiger partial charge in [-0.3, -0.25) is 4.79 Å². The van der Waals surface area contributed by atoms with Gasteiger partial charge in [-0.1, -0.05) is 92.1 Å². The number of carboxylic acid groups (broad SMARTS) is 1. The summed E-state index contributed by atoms with van der Waals surface area (Å²) in [5.41, 5.74) is 11.4. The van der Waals surface area contributed by atoms with Gasteiger partial charge in [0.25, 0.3) is 0 Å². The highest BCUT2D eigenvalue weighted by Crippen LogP contribution is 2.51. The topological polar surface area (TPSA) is 101 Å². The Bertz CT molecular complexity index is 2480. The van der Waals surface area contributed by atoms with E-state index in [9.17, 15) is 17.8 Å². The monoisotopic (exact) mass is 772 g/mol. The lowest BCUT2D eigenvalue weighted by Gasteiger charge is -2.27. The average molecular weight is 773 g/mol. The summed E-state index contributed by atoms with van der Waals surface area (Å²) in [5, 5.41) is 14.1. The molecule has 0 saturated heterocycles. The molecule has 8 heteroatoms. The van der Waals surface area contributed by atoms with E-state index in [2.05, 4.69) is 132 Å². The van der Waals surface area contributed by atoms with Crippen molar-refractivity contribution in [2.45, 2.75) is 98.3 Å². The molecule has 1 N–H and O–H groups in total. The van der Waals surface area contributed by atoms with Crippen molar-refractivity contribution < 1.29 is 27.4 Å². The zero-order chi connectivity index (χ0) is 40.6. The maximum absolute atomic E-state index is 11.5. The van der Waals surface area contributed by atoms with Gasteiger partial charge in [0.05, 0.1) is 15.5 Å². The van der Waals surface area contributed by atoms with Crippen LogP contribution in [0.15, 0.2) is 96.8 Å². The number of rotatable bonds is 14. The Morgan fingerprint density at radius 2 is 1.36 bits per heavy atom. The predicted octanol–water partition coefficient (Wildman–Crippen LogP) is 10.5. The first-order chi connectivity index (χ1) is 26.4. The Morgan fingerprint density at radius 3 is 2.00 bits per heavy atom. The number of aliphatic carboxylic acids is 1. The molecule has 0 unspecified atom stereocenters. The molecule has 2 aliphatic rings. The Hall–Kier alpha value is -4.79. The third kappa shape index (κ3) is 8.19. The molecule has 0 aliphatic carbocycles. The first-order valence-electron chi connectivity index (χ1n) is 19.8. The van der Waals surface area contributed by atoms with Gasteiger partial charge in [0.1, 0.15) is 6.54 Å². The van der Waals surface area contributed by atoms with Crippen LogP contribution in [0.1, 0.15) is 93.2 Å². The number of unbranched alkanes of at least 4 members (excludes halogenated alkanes) is 2. The molecule has 0 radical (unpaired) electrons. The summed E-state index contributed by atoms with van der Waals surface area (Å²) in [7, 11) is -4.32. The lowest BCUT2D eigenvalue weighted by Crippen LogP contribution is -2.28. The normalized spacial score (nSPS) is 17.2. The van der Waals surface area contributed by atoms with Crippen LogP contribution >= 0.6 is 0 Å². The minimum atomic E-state index is -4.32. The smallest absolute Gasteiger partial charge is 0.303 e. The van der Waals surface area contributed by atoms with Crippen LogP contribution in [0.2, 0.25) is 0 Å². The van der Waals surface area contributed by atoms with Gasteiger partial charge in [-0.25, -0.2) is 8.42 Å². The van der Waals surface area contributed by atoms with Crippen LogP contribution in [0, 0.1) is 27.7 Å². The van der Waals surface area contributed by atoms with Crippen LogP contribution in [0.3, 0.4) is 0 Å². The van der Waals surface area contributed by atoms with Crippen molar-refractivity contribution in [1.82, 2.24) is 0 Å². The van der Waals surface area contributed by atoms with Crippen molar-refractivity contribution in [3.8, 4) is 0 Å². The number of carboxylic acids is 1. The van der Waals surface area contributed by atoms with Crippen LogP contribution in [-0.2, 0) is 25.7 Å². The summed E-state index contributed by atoms with van der Waals surface area (Å²) in [6.45, 7) is 18.9. The van der Waals surface area contributed by atoms with Crippen LogP contribution < -0.4 is 4.90 Å². The number of allylic oxidation sites excluding steroid dienone is 8. The number of aryl methyl sites for hydroxylation is 4. The standard InChI is InChI=1S/C48H56N2O5S/c1-32-28-34(3)36-21-23-40-45(38(36)30-32)47(5,6)42(49(40)25-16-12-15-20-44(51)52)18-13-10-9-11-14-19-43-48(7,8)46-39-31-33(2)29-35(4)37(39)22-24-41(46)50(43)26-17-27-56(53,54)55/h9-11,13-14,18-19,21-24,28-31H,12,15-17,20,25-27H2,1-8H3,(H-,51,52,53,54,55). The second-order valence-electron chi connectivity index (χ2n) is 16.7. The maximum atomic E-state index is 11.5. The Labute approximate surface area is 333 Å². The molecular weight excluding hydrogens is 717 g/mol. The second kappa shape index (κ2) is 16.0. The van der Waals surface area contributed by atoms with Gasteiger partial charge in [0.15, 0.2) is 5.71 Å². The molecule has 0 amide bonds. The first-order valence-corrected chi connectivity index (χ1v) is 21.4. The molecular formula is C48H56N2O5S. The summed E-state index contributed by atoms with van der Waals surface area (Å²) in [5.74, 6) is -1.15. The number of hydrogen-bond donors (Lipinski definition) is 1. The molecule has 6 rings (SSSR count). The molecule has 0 spiro atoms. The third-order valence-corrected chi connectivity index (χ3v) is 12.4. The zero-order valence-electron chi connectivity index (χ0n) is 34.2. The van der Waals surface area contributed by atoms with E-state index in [0.717, 1.165) is 30.8 Å². The van der Waals surface area contributed by atoms with Crippen molar-refractivity contribution in [2.75, 3.05) is 23.7 Å². The summed E-state index contributed by atoms with van der Waals surface area (Å²) >= 11 is 0. The van der Waals surface area contributed by atoms with E-state index in [1.54, 1.807) is 0 Å². The number of anilines is 1. The van der Waals surface area contributed by atoms with Crippen molar-refractivity contribution in [2.24, 2.45) is 0 Å². The minimum absolute atomic E-state index is 0.196. The molecule has 7 nitrogen and oxygen atoms in total. The van der Waals surface area contributed by atoms with Gasteiger partial charge in [-0.05, 0) is 111 Å². The largest absolute Gasteiger partial charge is 0.748 e. The highest BCUT2D eigenvalue weighted by atomic mass is 32.2. The maximum Gasteiger partial charge on any atom is 0.303 e. The van der Waals surface area contributed by atoms with E-state index in [4.69, 9.17) is 5.11 Å². The van der Waals surface area contributed by atoms with E-state index >= 15 is 0 Å². The quantitative estimate of drug-likeness (QED) is 0.0593. The fraction of sp³-hybridized carbons (Fsp3) is 0.375. The molecule has 56 heavy (non-hydrogen) atoms. The molecule has 0 fully saturated rings. The molecule has 2 aliphatic heterocycles. The fourth-order valence-electron chi connectivity index (χ4n) is 9.22. The molecule has 2 heterocycles. The number of fused-ring (bicyclic) bond motifs is 6. The molecule has 294 valence electrons. The molecule has 4 aromatic rings. The molecule has 0 aromatic heterocycles. The molecule has 0 bridgehead atoms. The van der Waals surface area contributed by atoms with E-state index in [1.807, 2.05) is 24.3 Å². The Kier molecular flexibility index (Phi) is 11.7. The lowest BCUT2D eigenvalue weighted by atomic mass is 9.78. The summed E-state index contributed by atoms with van der Waals surface area (Å²) in [6.07, 6.45) is 17.4. The van der Waals surface area contributed by atoms with Crippen LogP contribution in [-0.4, -0.2) is 53.2 Å². The lowest BCUT2D eigenvalue weighted by molar-refractivity contribution is -0.437. The summed E-state index contributed by atoms with van der Waals surface area (Å²) < 4.78 is 36.8. The number of nitrogens with zero attached hydrogens (tertiary/aromatic N) is 2. The van der Waals surface area contributed by atoms with E-state index in [-0.39, 0.29) is 23.7 Å². The van der Waals surface area contributed by atoms with Crippen molar-refractivity contribution in [3.05, 3.63) is 130 Å². The van der Waals surface area contributed by atoms with Crippen molar-refractivity contribution >= 4 is 54.7 Å². The van der Waals surface area contributed by atoms with Gasteiger partial charge >= 0.3 is 5.97 Å². The van der Waals surface area contributed by atoms with Gasteiger partial charge < -0.3 is 14.6 Å². The zero-order valence-corrected chi connectivity index (χ0v) is 35.0. The van der Waals surface area contributed by atoms with Gasteiger partial charge in [0, 0.05) is 59.6 Å². The molecule has 4 aromatic carbocycles. The van der Waals surface area contributed by atoms with Crippen LogP contribution in [0.5, 0.6) is 0 Å². The summed E-state index contributed by atoms with van der Waals surface area (Å²) in [6, 6.07) is 17.8. The predicted molar refractivity (Wildman–Crippen MR) is 231 cm³/mol. The van der Waals surface area contributed by atoms with E-state index in [1.165, 1.54) is 66.3 Å². The Morgan fingerprint density at radius 1 is 0.750 bits per heavy atom. The highest BCUT2D eigenvalue weighted by Gasteiger charge is 2.45. The number of carbonyl (C=O) groups is 1.